The fraction of sp³-hybridized carbons (Fsp3) is 0.438. The molecule has 19 heavy (non-hydrogen) atoms. The second kappa shape index (κ2) is 9.20. The van der Waals surface area contributed by atoms with Gasteiger partial charge in [0, 0.05) is 18.7 Å². The topological polar surface area (TPSA) is 49.3 Å². The number of hydrogen-bond acceptors (Lipinski definition) is 2. The molecule has 0 unspecified atom stereocenters. The van der Waals surface area contributed by atoms with Gasteiger partial charge in [-0.3, -0.25) is 4.79 Å². The number of hydrogen-bond donors (Lipinski definition) is 2. The molecule has 1 aromatic carbocycles. The van der Waals surface area contributed by atoms with E-state index in [2.05, 4.69) is 30.5 Å². The number of carboxylic acid groups (broad SMARTS) is 1. The lowest BCUT2D eigenvalue weighted by molar-refractivity contribution is -0.137. The van der Waals surface area contributed by atoms with Gasteiger partial charge in [-0.05, 0) is 43.4 Å². The van der Waals surface area contributed by atoms with E-state index in [1.165, 1.54) is 5.56 Å². The molecule has 0 saturated heterocycles. The maximum absolute atomic E-state index is 10.5. The van der Waals surface area contributed by atoms with Crippen LogP contribution in [0, 0.1) is 0 Å². The Hall–Kier alpha value is -1.77. The summed E-state index contributed by atoms with van der Waals surface area (Å²) in [6.07, 6.45) is 8.21. The van der Waals surface area contributed by atoms with Crippen molar-refractivity contribution in [3.63, 3.8) is 0 Å². The maximum Gasteiger partial charge on any atom is 0.303 e. The van der Waals surface area contributed by atoms with Crippen LogP contribution in [0.15, 0.2) is 36.4 Å². The lowest BCUT2D eigenvalue weighted by atomic mass is 10.1. The zero-order chi connectivity index (χ0) is 13.9. The number of carboxylic acids is 1. The summed E-state index contributed by atoms with van der Waals surface area (Å²) in [5.74, 6) is -0.725. The smallest absolute Gasteiger partial charge is 0.303 e. The third-order valence-electron chi connectivity index (χ3n) is 2.83. The van der Waals surface area contributed by atoms with E-state index in [1.807, 2.05) is 18.2 Å². The van der Waals surface area contributed by atoms with Crippen LogP contribution >= 0.6 is 0 Å². The first-order chi connectivity index (χ1) is 9.22. The first-order valence-corrected chi connectivity index (χ1v) is 6.92. The number of nitrogens with one attached hydrogen (secondary N) is 1. The zero-order valence-corrected chi connectivity index (χ0v) is 11.6. The summed E-state index contributed by atoms with van der Waals surface area (Å²) < 4.78 is 0. The summed E-state index contributed by atoms with van der Waals surface area (Å²) in [6.45, 7) is 3.06. The molecule has 0 heterocycles. The SMILES string of the molecule is CC/C=C/CCNc1cccc(CCCC(=O)O)c1. The van der Waals surface area contributed by atoms with Crippen molar-refractivity contribution >= 4 is 11.7 Å². The summed E-state index contributed by atoms with van der Waals surface area (Å²) in [5, 5.41) is 12.0. The van der Waals surface area contributed by atoms with E-state index in [9.17, 15) is 4.79 Å². The minimum Gasteiger partial charge on any atom is -0.481 e. The molecular weight excluding hydrogens is 238 g/mol. The van der Waals surface area contributed by atoms with Crippen LogP contribution in [0.5, 0.6) is 0 Å². The first kappa shape index (κ1) is 15.3. The van der Waals surface area contributed by atoms with E-state index in [1.54, 1.807) is 0 Å². The Morgan fingerprint density at radius 3 is 2.95 bits per heavy atom. The quantitative estimate of drug-likeness (QED) is 0.524. The van der Waals surface area contributed by atoms with Crippen molar-refractivity contribution in [2.45, 2.75) is 39.0 Å². The van der Waals surface area contributed by atoms with Crippen LogP contribution in [0.3, 0.4) is 0 Å². The van der Waals surface area contributed by atoms with Crippen LogP contribution in [0.2, 0.25) is 0 Å². The fourth-order valence-electron chi connectivity index (χ4n) is 1.86. The first-order valence-electron chi connectivity index (χ1n) is 6.92. The summed E-state index contributed by atoms with van der Waals surface area (Å²) in [6, 6.07) is 8.21. The van der Waals surface area contributed by atoms with Crippen molar-refractivity contribution in [3.8, 4) is 0 Å². The van der Waals surface area contributed by atoms with Crippen LogP contribution in [0.1, 0.15) is 38.2 Å². The highest BCUT2D eigenvalue weighted by Crippen LogP contribution is 2.13. The highest BCUT2D eigenvalue weighted by Gasteiger charge is 1.99. The van der Waals surface area contributed by atoms with Crippen molar-refractivity contribution in [1.82, 2.24) is 0 Å². The average Bonchev–Trinajstić information content (AvgIpc) is 2.39. The van der Waals surface area contributed by atoms with Gasteiger partial charge in [-0.25, -0.2) is 0 Å². The molecule has 0 bridgehead atoms. The van der Waals surface area contributed by atoms with E-state index in [4.69, 9.17) is 5.11 Å². The Kier molecular flexibility index (Phi) is 7.40. The molecule has 0 aliphatic carbocycles. The van der Waals surface area contributed by atoms with E-state index >= 15 is 0 Å². The number of anilines is 1. The van der Waals surface area contributed by atoms with Crippen molar-refractivity contribution in [2.24, 2.45) is 0 Å². The van der Waals surface area contributed by atoms with Gasteiger partial charge in [0.05, 0.1) is 0 Å². The average molecular weight is 261 g/mol. The van der Waals surface area contributed by atoms with E-state index in [0.717, 1.165) is 31.5 Å². The van der Waals surface area contributed by atoms with Gasteiger partial charge in [0.1, 0.15) is 0 Å². The molecule has 0 amide bonds. The largest absolute Gasteiger partial charge is 0.481 e. The highest BCUT2D eigenvalue weighted by atomic mass is 16.4. The Morgan fingerprint density at radius 1 is 1.37 bits per heavy atom. The van der Waals surface area contributed by atoms with Gasteiger partial charge in [0.15, 0.2) is 0 Å². The number of allylic oxidation sites excluding steroid dienone is 1. The van der Waals surface area contributed by atoms with Gasteiger partial charge in [-0.15, -0.1) is 0 Å². The summed E-state index contributed by atoms with van der Waals surface area (Å²) >= 11 is 0. The molecule has 0 spiro atoms. The summed E-state index contributed by atoms with van der Waals surface area (Å²) in [7, 11) is 0. The van der Waals surface area contributed by atoms with E-state index in [0.29, 0.717) is 6.42 Å². The number of rotatable bonds is 9. The lowest BCUT2D eigenvalue weighted by Gasteiger charge is -2.07. The van der Waals surface area contributed by atoms with Gasteiger partial charge >= 0.3 is 5.97 Å². The predicted molar refractivity (Wildman–Crippen MR) is 79.6 cm³/mol. The van der Waals surface area contributed by atoms with Crippen molar-refractivity contribution in [1.29, 1.82) is 0 Å². The van der Waals surface area contributed by atoms with Gasteiger partial charge in [-0.2, -0.15) is 0 Å². The molecule has 0 aliphatic heterocycles. The molecule has 0 fully saturated rings. The van der Waals surface area contributed by atoms with Crippen molar-refractivity contribution < 1.29 is 9.90 Å². The normalized spacial score (nSPS) is 10.8. The third-order valence-corrected chi connectivity index (χ3v) is 2.83. The summed E-state index contributed by atoms with van der Waals surface area (Å²) in [5.41, 5.74) is 2.30. The molecule has 0 radical (unpaired) electrons. The highest BCUT2D eigenvalue weighted by molar-refractivity contribution is 5.66. The Bertz CT molecular complexity index is 413. The zero-order valence-electron chi connectivity index (χ0n) is 11.6. The lowest BCUT2D eigenvalue weighted by Crippen LogP contribution is -2.01. The number of aryl methyl sites for hydroxylation is 1. The van der Waals surface area contributed by atoms with E-state index < -0.39 is 5.97 Å². The third kappa shape index (κ3) is 7.29. The molecular formula is C16H23NO2. The van der Waals surface area contributed by atoms with Crippen LogP contribution < -0.4 is 5.32 Å². The Balaban J connectivity index is 2.34. The minimum absolute atomic E-state index is 0.236. The molecule has 2 N–H and O–H groups in total. The molecule has 1 rings (SSSR count). The Morgan fingerprint density at radius 2 is 2.21 bits per heavy atom. The molecule has 0 atom stereocenters. The number of aliphatic carboxylic acids is 1. The van der Waals surface area contributed by atoms with Crippen LogP contribution in [0.25, 0.3) is 0 Å². The molecule has 0 saturated carbocycles. The molecule has 0 aliphatic rings. The minimum atomic E-state index is -0.725. The Labute approximate surface area is 115 Å². The van der Waals surface area contributed by atoms with Gasteiger partial charge in [-0.1, -0.05) is 31.2 Å². The molecule has 104 valence electrons. The predicted octanol–water partition coefficient (Wildman–Crippen LogP) is 3.86. The molecule has 3 heteroatoms. The second-order valence-electron chi connectivity index (χ2n) is 4.54. The number of carbonyl (C=O) groups is 1. The van der Waals surface area contributed by atoms with Crippen LogP contribution in [-0.4, -0.2) is 17.6 Å². The fourth-order valence-corrected chi connectivity index (χ4v) is 1.86. The van der Waals surface area contributed by atoms with Crippen molar-refractivity contribution in [2.75, 3.05) is 11.9 Å². The number of benzene rings is 1. The summed E-state index contributed by atoms with van der Waals surface area (Å²) in [4.78, 5) is 10.5. The maximum atomic E-state index is 10.5. The van der Waals surface area contributed by atoms with Crippen LogP contribution in [0.4, 0.5) is 5.69 Å². The van der Waals surface area contributed by atoms with Crippen LogP contribution in [-0.2, 0) is 11.2 Å². The van der Waals surface area contributed by atoms with Crippen molar-refractivity contribution in [3.05, 3.63) is 42.0 Å². The van der Waals surface area contributed by atoms with Gasteiger partial charge in [0.25, 0.3) is 0 Å². The monoisotopic (exact) mass is 261 g/mol. The molecule has 3 nitrogen and oxygen atoms in total. The van der Waals surface area contributed by atoms with Gasteiger partial charge < -0.3 is 10.4 Å². The molecule has 0 aromatic heterocycles. The van der Waals surface area contributed by atoms with Gasteiger partial charge in [0.2, 0.25) is 0 Å². The second-order valence-corrected chi connectivity index (χ2v) is 4.54. The van der Waals surface area contributed by atoms with E-state index in [-0.39, 0.29) is 6.42 Å². The standard InChI is InChI=1S/C16H23NO2/c1-2-3-4-5-12-17-15-10-6-8-14(13-15)9-7-11-16(18)19/h3-4,6,8,10,13,17H,2,5,7,9,11-12H2,1H3,(H,18,19)/b4-3+. The molecule has 1 aromatic rings.